The molecular weight excluding hydrogens is 178 g/mol. The third kappa shape index (κ3) is 3.84. The van der Waals surface area contributed by atoms with E-state index in [0.717, 1.165) is 25.2 Å². The first kappa shape index (κ1) is 9.16. The van der Waals surface area contributed by atoms with Crippen LogP contribution in [0.15, 0.2) is 0 Å². The van der Waals surface area contributed by atoms with Gasteiger partial charge in [-0.2, -0.15) is 0 Å². The Morgan fingerprint density at radius 1 is 0.818 bits per heavy atom. The summed E-state index contributed by atoms with van der Waals surface area (Å²) in [5.41, 5.74) is 0. The summed E-state index contributed by atoms with van der Waals surface area (Å²) in [5.74, 6) is 0. The summed E-state index contributed by atoms with van der Waals surface area (Å²) in [4.78, 5) is 0. The molecule has 0 N–H and O–H groups in total. The molecule has 1 fully saturated rings. The second-order valence-electron chi connectivity index (χ2n) is 2.72. The molecule has 0 aliphatic carbocycles. The maximum absolute atomic E-state index is 11.1. The van der Waals surface area contributed by atoms with Crippen LogP contribution >= 0.6 is 15.6 Å². The quantitative estimate of drug-likeness (QED) is 0.435. The molecule has 1 saturated heterocycles. The van der Waals surface area contributed by atoms with Crippen molar-refractivity contribution < 1.29 is 9.13 Å². The van der Waals surface area contributed by atoms with E-state index in [0.29, 0.717) is 12.3 Å². The minimum atomic E-state index is -1.04. The van der Waals surface area contributed by atoms with Crippen molar-refractivity contribution in [3.05, 3.63) is 6.42 Å². The monoisotopic (exact) mass is 191 g/mol. The molecule has 0 amide bonds. The maximum Gasteiger partial charge on any atom is 0.347 e. The topological polar surface area (TPSA) is 34.1 Å². The largest absolute Gasteiger partial charge is 0.347 e. The van der Waals surface area contributed by atoms with Crippen molar-refractivity contribution in [2.75, 3.05) is 24.6 Å². The molecule has 0 aromatic carbocycles. The Bertz CT molecular complexity index is 150. The molecule has 1 heterocycles. The summed E-state index contributed by atoms with van der Waals surface area (Å²) in [6, 6.07) is 0. The Labute approximate surface area is 69.3 Å². The van der Waals surface area contributed by atoms with Gasteiger partial charge in [0.25, 0.3) is 0 Å². The highest BCUT2D eigenvalue weighted by Gasteiger charge is 2.28. The highest BCUT2D eigenvalue weighted by molar-refractivity contribution is 7.49. The van der Waals surface area contributed by atoms with E-state index in [2.05, 4.69) is 6.42 Å². The molecule has 2 nitrogen and oxygen atoms in total. The summed E-state index contributed by atoms with van der Waals surface area (Å²) < 4.78 is 22.3. The van der Waals surface area contributed by atoms with Crippen LogP contribution in [0.3, 0.4) is 0 Å². The summed E-state index contributed by atoms with van der Waals surface area (Å²) in [6.45, 7) is 0. The van der Waals surface area contributed by atoms with Crippen molar-refractivity contribution in [1.82, 2.24) is 0 Å². The van der Waals surface area contributed by atoms with E-state index in [1.165, 1.54) is 0 Å². The zero-order valence-electron chi connectivity index (χ0n) is 6.53. The molecule has 11 heavy (non-hydrogen) atoms. The van der Waals surface area contributed by atoms with E-state index >= 15 is 0 Å². The summed E-state index contributed by atoms with van der Waals surface area (Å²) in [7, 11) is -2.09. The minimum absolute atomic E-state index is 0.679. The van der Waals surface area contributed by atoms with Crippen LogP contribution in [0.2, 0.25) is 0 Å². The second-order valence-corrected chi connectivity index (χ2v) is 6.44. The first-order chi connectivity index (χ1) is 5.29. The van der Waals surface area contributed by atoms with Gasteiger partial charge in [0.1, 0.15) is 12.8 Å². The Morgan fingerprint density at radius 3 is 1.73 bits per heavy atom. The predicted molar refractivity (Wildman–Crippen MR) is 48.2 cm³/mol. The van der Waals surface area contributed by atoms with Gasteiger partial charge in [0, 0.05) is 0 Å². The summed E-state index contributed by atoms with van der Waals surface area (Å²) >= 11 is 0. The Balaban J connectivity index is 2.37. The van der Waals surface area contributed by atoms with Crippen molar-refractivity contribution in [3.8, 4) is 0 Å². The van der Waals surface area contributed by atoms with Crippen LogP contribution in [0, 0.1) is 6.42 Å². The molecule has 0 spiro atoms. The van der Waals surface area contributed by atoms with Gasteiger partial charge in [-0.15, -0.1) is 0 Å². The maximum atomic E-state index is 11.1. The first-order valence-corrected chi connectivity index (χ1v) is 7.21. The van der Waals surface area contributed by atoms with Crippen molar-refractivity contribution in [3.63, 3.8) is 0 Å². The van der Waals surface area contributed by atoms with Crippen molar-refractivity contribution >= 4 is 15.6 Å². The zero-order chi connectivity index (χ0) is 8.10. The van der Waals surface area contributed by atoms with E-state index in [-0.39, 0.29) is 0 Å². The molecule has 2 atom stereocenters. The Morgan fingerprint density at radius 2 is 1.27 bits per heavy atom. The van der Waals surface area contributed by atoms with E-state index in [9.17, 15) is 9.13 Å². The number of hydrogen-bond donors (Lipinski definition) is 0. The van der Waals surface area contributed by atoms with Gasteiger partial charge in [0.05, 0.1) is 6.42 Å². The lowest BCUT2D eigenvalue weighted by molar-refractivity contribution is 0.583. The molecule has 0 saturated carbocycles. The van der Waals surface area contributed by atoms with Gasteiger partial charge in [-0.05, 0) is 0 Å². The Hall–Kier alpha value is 0.0700. The van der Waals surface area contributed by atoms with E-state index in [1.54, 1.807) is 0 Å². The summed E-state index contributed by atoms with van der Waals surface area (Å²) in [5, 5.41) is 0. The van der Waals surface area contributed by atoms with Gasteiger partial charge in [0.2, 0.25) is 0 Å². The smallest absolute Gasteiger partial charge is 0.0745 e. The molecule has 1 aliphatic rings. The Kier molecular flexibility index (Phi) is 4.04. The molecule has 1 aliphatic heterocycles. The zero-order valence-corrected chi connectivity index (χ0v) is 8.32. The SMILES string of the molecule is O=[P+]1CC[CH+]CC[P+](=O)CC1. The minimum Gasteiger partial charge on any atom is -0.0745 e. The van der Waals surface area contributed by atoms with Gasteiger partial charge in [0.15, 0.2) is 24.6 Å². The fourth-order valence-corrected chi connectivity index (χ4v) is 4.23. The van der Waals surface area contributed by atoms with E-state index in [1.807, 2.05) is 0 Å². The highest BCUT2D eigenvalue weighted by Crippen LogP contribution is 2.32. The third-order valence-electron chi connectivity index (χ3n) is 1.76. The van der Waals surface area contributed by atoms with E-state index < -0.39 is 15.6 Å². The van der Waals surface area contributed by atoms with Gasteiger partial charge < -0.3 is 0 Å². The van der Waals surface area contributed by atoms with Crippen LogP contribution in [-0.4, -0.2) is 24.6 Å². The lowest BCUT2D eigenvalue weighted by Crippen LogP contribution is -1.85. The third-order valence-corrected chi connectivity index (χ3v) is 5.08. The molecule has 4 heteroatoms. The van der Waals surface area contributed by atoms with Crippen LogP contribution in [-0.2, 0) is 9.13 Å². The first-order valence-electron chi connectivity index (χ1n) is 3.95. The number of hydrogen-bond acceptors (Lipinski definition) is 2. The number of rotatable bonds is 0. The normalized spacial score (nSPS) is 28.0. The van der Waals surface area contributed by atoms with Gasteiger partial charge in [-0.25, -0.2) is 0 Å². The van der Waals surface area contributed by atoms with E-state index in [4.69, 9.17) is 0 Å². The second kappa shape index (κ2) is 4.85. The molecule has 0 aromatic heterocycles. The molecule has 2 unspecified atom stereocenters. The van der Waals surface area contributed by atoms with Crippen LogP contribution < -0.4 is 0 Å². The van der Waals surface area contributed by atoms with Crippen LogP contribution in [0.5, 0.6) is 0 Å². The van der Waals surface area contributed by atoms with Crippen molar-refractivity contribution in [2.24, 2.45) is 0 Å². The fourth-order valence-electron chi connectivity index (χ4n) is 1.06. The molecule has 60 valence electrons. The average molecular weight is 191 g/mol. The van der Waals surface area contributed by atoms with Gasteiger partial charge in [-0.1, -0.05) is 9.13 Å². The lowest BCUT2D eigenvalue weighted by Gasteiger charge is -1.75. The van der Waals surface area contributed by atoms with Crippen LogP contribution in [0.1, 0.15) is 12.8 Å². The molecule has 0 aromatic rings. The molecule has 0 bridgehead atoms. The van der Waals surface area contributed by atoms with Gasteiger partial charge >= 0.3 is 15.6 Å². The highest BCUT2D eigenvalue weighted by atomic mass is 31.1. The van der Waals surface area contributed by atoms with Crippen molar-refractivity contribution in [2.45, 2.75) is 12.8 Å². The fraction of sp³-hybridized carbons (Fsp3) is 0.857. The average Bonchev–Trinajstić information content (AvgIpc) is 2.06. The van der Waals surface area contributed by atoms with Crippen LogP contribution in [0.4, 0.5) is 0 Å². The lowest BCUT2D eigenvalue weighted by atomic mass is 10.3. The summed E-state index contributed by atoms with van der Waals surface area (Å²) in [6.07, 6.45) is 6.97. The molecule has 0 radical (unpaired) electrons. The molecular formula is C7H13O2P2+3. The van der Waals surface area contributed by atoms with Gasteiger partial charge in [-0.3, -0.25) is 0 Å². The van der Waals surface area contributed by atoms with Crippen molar-refractivity contribution in [1.29, 1.82) is 0 Å². The standard InChI is InChI=1S/C7H13O2P2/c8-10-4-2-1-3-5-11(9)7-6-10/h1H,2-7H2/q+3. The molecule has 1 rings (SSSR count). The van der Waals surface area contributed by atoms with Crippen LogP contribution in [0.25, 0.3) is 0 Å². The predicted octanol–water partition coefficient (Wildman–Crippen LogP) is 2.64.